The van der Waals surface area contributed by atoms with Crippen molar-refractivity contribution in [2.45, 2.75) is 34.5 Å². The average Bonchev–Trinajstić information content (AvgIpc) is 2.58. The van der Waals surface area contributed by atoms with Crippen LogP contribution in [-0.2, 0) is 30.0 Å². The second-order valence-electron chi connectivity index (χ2n) is 5.95. The van der Waals surface area contributed by atoms with Gasteiger partial charge >= 0.3 is 11.0 Å². The minimum absolute atomic E-state index is 0.132. The fraction of sp³-hybridized carbons (Fsp3) is 0.429. The molecule has 0 aliphatic heterocycles. The zero-order valence-corrected chi connectivity index (χ0v) is 16.0. The number of nitrogens with one attached hydrogen (secondary N) is 2. The van der Waals surface area contributed by atoms with Crippen molar-refractivity contribution in [3.63, 3.8) is 0 Å². The molecule has 1 amide bonds. The van der Waals surface area contributed by atoms with E-state index in [1.54, 1.807) is 0 Å². The number of carbonyl (C=O) groups excluding carboxylic acids is 1. The molecule has 1 unspecified atom stereocenters. The first-order chi connectivity index (χ1) is 12.9. The fourth-order valence-corrected chi connectivity index (χ4v) is 6.06. The summed E-state index contributed by atoms with van der Waals surface area (Å²) < 4.78 is 121. The van der Waals surface area contributed by atoms with E-state index in [1.165, 1.54) is 18.2 Å². The van der Waals surface area contributed by atoms with Crippen molar-refractivity contribution in [1.29, 1.82) is 5.41 Å². The smallest absolute Gasteiger partial charge is 0.342 e. The van der Waals surface area contributed by atoms with Gasteiger partial charge in [0.2, 0.25) is 0 Å². The second kappa shape index (κ2) is 7.93. The van der Waals surface area contributed by atoms with E-state index in [1.807, 2.05) is 5.32 Å². The van der Waals surface area contributed by atoms with Gasteiger partial charge in [-0.05, 0) is 12.5 Å². The second-order valence-corrected chi connectivity index (χ2v) is 10.5. The molecular formula is C14H14F6N2O5S2. The summed E-state index contributed by atoms with van der Waals surface area (Å²) in [6.07, 6.45) is -1.69. The standard InChI is InChI=1S/C14H14F6N2O5S2/c1-12(22-10(23)8-21,9-5-3-2-4-6-9)7-11(28(24,25)13(15,16)17)29(26,27)14(18,19)20/h2-6,8,11,21H,7H2,1H3,(H,22,23). The van der Waals surface area contributed by atoms with E-state index in [-0.39, 0.29) is 11.8 Å². The quantitative estimate of drug-likeness (QED) is 0.470. The van der Waals surface area contributed by atoms with Crippen molar-refractivity contribution in [3.8, 4) is 0 Å². The molecular weight excluding hydrogens is 454 g/mol. The average molecular weight is 468 g/mol. The van der Waals surface area contributed by atoms with E-state index < -0.39 is 53.1 Å². The molecule has 0 fully saturated rings. The van der Waals surface area contributed by atoms with E-state index in [2.05, 4.69) is 0 Å². The van der Waals surface area contributed by atoms with Crippen LogP contribution in [0.1, 0.15) is 18.9 Å². The summed E-state index contributed by atoms with van der Waals surface area (Å²) in [5, 5.41) is 8.74. The molecule has 7 nitrogen and oxygen atoms in total. The molecule has 0 bridgehead atoms. The number of halogens is 6. The van der Waals surface area contributed by atoms with Crippen LogP contribution in [0.3, 0.4) is 0 Å². The normalized spacial score (nSPS) is 15.6. The number of hydrogen-bond donors (Lipinski definition) is 2. The number of hydrogen-bond acceptors (Lipinski definition) is 6. The van der Waals surface area contributed by atoms with Gasteiger partial charge in [-0.1, -0.05) is 30.3 Å². The topological polar surface area (TPSA) is 121 Å². The Morgan fingerprint density at radius 3 is 1.76 bits per heavy atom. The van der Waals surface area contributed by atoms with Gasteiger partial charge in [-0.15, -0.1) is 0 Å². The maximum atomic E-state index is 13.0. The fourth-order valence-electron chi connectivity index (χ4n) is 2.37. The lowest BCUT2D eigenvalue weighted by Gasteiger charge is -2.34. The van der Waals surface area contributed by atoms with Crippen LogP contribution in [0.25, 0.3) is 0 Å². The third-order valence-electron chi connectivity index (χ3n) is 3.85. The van der Waals surface area contributed by atoms with Crippen LogP contribution in [0.5, 0.6) is 0 Å². The number of rotatable bonds is 7. The molecule has 1 aromatic rings. The number of sulfone groups is 2. The van der Waals surface area contributed by atoms with Gasteiger partial charge in [0, 0.05) is 6.42 Å². The molecule has 0 aliphatic carbocycles. The van der Waals surface area contributed by atoms with Crippen molar-refractivity contribution < 1.29 is 48.0 Å². The number of alkyl halides is 6. The molecule has 1 aromatic carbocycles. The maximum Gasteiger partial charge on any atom is 0.498 e. The monoisotopic (exact) mass is 468 g/mol. The molecule has 164 valence electrons. The van der Waals surface area contributed by atoms with Crippen LogP contribution >= 0.6 is 0 Å². The Balaban J connectivity index is 3.75. The summed E-state index contributed by atoms with van der Waals surface area (Å²) in [4.78, 5) is 11.6. The molecule has 0 aromatic heterocycles. The minimum atomic E-state index is -6.88. The summed E-state index contributed by atoms with van der Waals surface area (Å²) in [5.74, 6) is -1.30. The lowest BCUT2D eigenvalue weighted by molar-refractivity contribution is -0.116. The van der Waals surface area contributed by atoms with Gasteiger partial charge in [-0.2, -0.15) is 26.3 Å². The largest absolute Gasteiger partial charge is 0.498 e. The highest BCUT2D eigenvalue weighted by atomic mass is 32.3. The molecule has 15 heteroatoms. The third kappa shape index (κ3) is 5.07. The molecule has 1 atom stereocenters. The molecule has 0 saturated carbocycles. The van der Waals surface area contributed by atoms with Crippen molar-refractivity contribution in [1.82, 2.24) is 5.32 Å². The Kier molecular flexibility index (Phi) is 6.80. The Morgan fingerprint density at radius 2 is 1.41 bits per heavy atom. The van der Waals surface area contributed by atoms with Crippen LogP contribution in [0.15, 0.2) is 30.3 Å². The highest BCUT2D eigenvalue weighted by molar-refractivity contribution is 8.09. The van der Waals surface area contributed by atoms with E-state index in [9.17, 15) is 48.0 Å². The summed E-state index contributed by atoms with van der Waals surface area (Å²) >= 11 is 0. The van der Waals surface area contributed by atoms with E-state index >= 15 is 0 Å². The van der Waals surface area contributed by atoms with Crippen LogP contribution in [0.2, 0.25) is 0 Å². The van der Waals surface area contributed by atoms with Crippen LogP contribution < -0.4 is 5.32 Å². The van der Waals surface area contributed by atoms with Crippen molar-refractivity contribution in [3.05, 3.63) is 35.9 Å². The van der Waals surface area contributed by atoms with Gasteiger partial charge in [-0.3, -0.25) is 4.79 Å². The lowest BCUT2D eigenvalue weighted by Crippen LogP contribution is -2.52. The first-order valence-corrected chi connectivity index (χ1v) is 10.5. The van der Waals surface area contributed by atoms with E-state index in [0.29, 0.717) is 0 Å². The molecule has 2 N–H and O–H groups in total. The first-order valence-electron chi connectivity index (χ1n) is 7.38. The van der Waals surface area contributed by atoms with Crippen LogP contribution in [0.4, 0.5) is 26.3 Å². The Morgan fingerprint density at radius 1 is 1.00 bits per heavy atom. The maximum absolute atomic E-state index is 13.0. The zero-order chi connectivity index (χ0) is 22.9. The lowest BCUT2D eigenvalue weighted by atomic mass is 9.89. The van der Waals surface area contributed by atoms with Gasteiger partial charge in [0.25, 0.3) is 25.6 Å². The van der Waals surface area contributed by atoms with E-state index in [4.69, 9.17) is 5.41 Å². The summed E-state index contributed by atoms with van der Waals surface area (Å²) in [7, 11) is -13.8. The molecule has 0 aliphatic rings. The zero-order valence-electron chi connectivity index (χ0n) is 14.4. The van der Waals surface area contributed by atoms with Crippen molar-refractivity contribution in [2.75, 3.05) is 0 Å². The number of amides is 1. The summed E-state index contributed by atoms with van der Waals surface area (Å²) in [5.41, 5.74) is -15.1. The molecule has 0 radical (unpaired) electrons. The van der Waals surface area contributed by atoms with Gasteiger partial charge < -0.3 is 10.7 Å². The van der Waals surface area contributed by atoms with Gasteiger partial charge in [-0.25, -0.2) is 16.8 Å². The molecule has 29 heavy (non-hydrogen) atoms. The predicted molar refractivity (Wildman–Crippen MR) is 89.1 cm³/mol. The molecule has 0 saturated heterocycles. The van der Waals surface area contributed by atoms with Gasteiger partial charge in [0.05, 0.1) is 11.8 Å². The Hall–Kier alpha value is -2.16. The highest BCUT2D eigenvalue weighted by Gasteiger charge is 2.64. The van der Waals surface area contributed by atoms with Gasteiger partial charge in [0.1, 0.15) is 0 Å². The Labute approximate surface area is 161 Å². The summed E-state index contributed by atoms with van der Waals surface area (Å²) in [6, 6.07) is 6.20. The first kappa shape index (κ1) is 24.9. The van der Waals surface area contributed by atoms with E-state index in [0.717, 1.165) is 19.1 Å². The SMILES string of the molecule is CC(CC(S(=O)(=O)C(F)(F)F)S(=O)(=O)C(F)(F)F)(NC(=O)C=N)c1ccccc1. The number of carbonyl (C=O) groups is 1. The molecule has 1 rings (SSSR count). The minimum Gasteiger partial charge on any atom is -0.342 e. The van der Waals surface area contributed by atoms with Gasteiger partial charge in [0.15, 0.2) is 4.58 Å². The van der Waals surface area contributed by atoms with Crippen LogP contribution in [0, 0.1) is 5.41 Å². The van der Waals surface area contributed by atoms with Crippen molar-refractivity contribution >= 4 is 31.8 Å². The molecule has 0 spiro atoms. The Bertz CT molecular complexity index is 930. The van der Waals surface area contributed by atoms with Crippen LogP contribution in [-0.4, -0.2) is 44.6 Å². The summed E-state index contributed by atoms with van der Waals surface area (Å²) in [6.45, 7) is 0.842. The molecule has 0 heterocycles. The highest BCUT2D eigenvalue weighted by Crippen LogP contribution is 2.41. The third-order valence-corrected chi connectivity index (χ3v) is 8.38. The number of benzene rings is 1. The van der Waals surface area contributed by atoms with Crippen molar-refractivity contribution in [2.24, 2.45) is 0 Å². The predicted octanol–water partition coefficient (Wildman–Crippen LogP) is 2.25.